The number of imidazole rings is 2. The van der Waals surface area contributed by atoms with E-state index in [1.54, 1.807) is 0 Å². The van der Waals surface area contributed by atoms with E-state index in [0.29, 0.717) is 19.0 Å². The van der Waals surface area contributed by atoms with Gasteiger partial charge in [-0.15, -0.1) is 0 Å². The Balaban J connectivity index is 1.05. The number of H-pyrrole nitrogens is 2. The Morgan fingerprint density at radius 3 is 1.88 bits per heavy atom. The van der Waals surface area contributed by atoms with E-state index in [1.807, 2.05) is 49.6 Å². The molecule has 0 radical (unpaired) electrons. The van der Waals surface area contributed by atoms with E-state index < -0.39 is 30.5 Å². The number of aromatic nitrogens is 4. The van der Waals surface area contributed by atoms with E-state index in [-0.39, 0.29) is 29.8 Å². The van der Waals surface area contributed by atoms with Crippen molar-refractivity contribution < 1.29 is 29.0 Å². The van der Waals surface area contributed by atoms with Crippen LogP contribution in [0, 0.1) is 17.8 Å². The number of nitrogens with zero attached hydrogens (tertiary/aromatic N) is 4. The molecule has 3 amide bonds. The van der Waals surface area contributed by atoms with Crippen molar-refractivity contribution >= 4 is 61.7 Å². The standard InChI is InChI=1S/C45H54N8O6/c1-23(2)36(50-44(56)58-6)42(54)52-18-8-9-34(52)40-46-32-16-12-28-20-26(10-14-30(28)38(32)48-40)27-11-15-31-29(21-27)13-17-33-39(31)49-41(47-33)35-19-25(5)22-53(35)43(55)37(24(3)4)51-45(57)59-7/h10-17,20-21,23-25,34-37,43,55H,8-9,18-19,22H2,1-7H3,(H,46,48)(H,47,49)(H,50,56)(H,51,57)/t25-,34-,35-,36-,37-,43?/m0/s1. The number of benzene rings is 4. The molecule has 2 aliphatic rings. The van der Waals surface area contributed by atoms with Gasteiger partial charge in [0, 0.05) is 23.9 Å². The lowest BCUT2D eigenvalue weighted by Gasteiger charge is -2.35. The molecule has 8 rings (SSSR count). The number of aliphatic hydroxyl groups is 1. The molecule has 2 fully saturated rings. The van der Waals surface area contributed by atoms with Crippen molar-refractivity contribution in [3.63, 3.8) is 0 Å². The number of ether oxygens (including phenoxy) is 2. The summed E-state index contributed by atoms with van der Waals surface area (Å²) in [7, 11) is 2.62. The summed E-state index contributed by atoms with van der Waals surface area (Å²) in [6.45, 7) is 11.2. The average molecular weight is 803 g/mol. The Labute approximate surface area is 343 Å². The first kappa shape index (κ1) is 40.1. The summed E-state index contributed by atoms with van der Waals surface area (Å²) >= 11 is 0. The first-order chi connectivity index (χ1) is 28.3. The van der Waals surface area contributed by atoms with E-state index in [0.717, 1.165) is 85.6 Å². The average Bonchev–Trinajstić information content (AvgIpc) is 4.05. The molecule has 5 N–H and O–H groups in total. The number of rotatable bonds is 10. The largest absolute Gasteiger partial charge is 0.453 e. The Morgan fingerprint density at radius 1 is 0.780 bits per heavy atom. The number of hydrogen-bond donors (Lipinski definition) is 5. The lowest BCUT2D eigenvalue weighted by Crippen LogP contribution is -2.54. The summed E-state index contributed by atoms with van der Waals surface area (Å²) in [6.07, 6.45) is 0.343. The van der Waals surface area contributed by atoms with Crippen LogP contribution in [0.4, 0.5) is 9.59 Å². The van der Waals surface area contributed by atoms with Gasteiger partial charge in [0.2, 0.25) is 5.91 Å². The van der Waals surface area contributed by atoms with Crippen molar-refractivity contribution in [2.45, 2.75) is 84.3 Å². The summed E-state index contributed by atoms with van der Waals surface area (Å²) in [5.74, 6) is 1.60. The fraction of sp³-hybridized carbons (Fsp3) is 0.444. The molecule has 14 nitrogen and oxygen atoms in total. The quantitative estimate of drug-likeness (QED) is 0.0937. The highest BCUT2D eigenvalue weighted by Gasteiger charge is 2.41. The molecule has 0 saturated carbocycles. The molecule has 1 unspecified atom stereocenters. The maximum absolute atomic E-state index is 13.7. The SMILES string of the molecule is COC(=O)N[C@@H](C(C)C)C(O)N1C[C@@H](C)C[C@H]1c1nc2ccc3cc(-c4ccc5c(ccc6nc([C@@H]7CCCN7C(=O)[C@@H](NC(=O)OC)C(C)C)[nH]c65)c4)ccc3c2[nH]1. The first-order valence-electron chi connectivity index (χ1n) is 20.6. The monoisotopic (exact) mass is 802 g/mol. The van der Waals surface area contributed by atoms with E-state index in [1.165, 1.54) is 14.2 Å². The molecule has 0 aliphatic carbocycles. The number of hydrogen-bond acceptors (Lipinski definition) is 9. The molecule has 0 spiro atoms. The zero-order valence-electron chi connectivity index (χ0n) is 34.7. The Hall–Kier alpha value is -5.73. The number of likely N-dealkylation sites (tertiary alicyclic amines) is 2. The fourth-order valence-corrected chi connectivity index (χ4v) is 9.15. The number of aromatic amines is 2. The number of aliphatic hydroxyl groups excluding tert-OH is 1. The molecular formula is C45H54N8O6. The number of fused-ring (bicyclic) bond motifs is 6. The van der Waals surface area contributed by atoms with Crippen LogP contribution in [-0.4, -0.2) is 98.6 Å². The van der Waals surface area contributed by atoms with Crippen LogP contribution in [0.3, 0.4) is 0 Å². The predicted molar refractivity (Wildman–Crippen MR) is 227 cm³/mol. The van der Waals surface area contributed by atoms with Gasteiger partial charge in [-0.2, -0.15) is 0 Å². The van der Waals surface area contributed by atoms with Crippen LogP contribution in [-0.2, 0) is 14.3 Å². The smallest absolute Gasteiger partial charge is 0.407 e. The summed E-state index contributed by atoms with van der Waals surface area (Å²) in [5, 5.41) is 21.4. The Bertz CT molecular complexity index is 2550. The van der Waals surface area contributed by atoms with E-state index >= 15 is 0 Å². The zero-order chi connectivity index (χ0) is 41.7. The van der Waals surface area contributed by atoms with Crippen molar-refractivity contribution in [3.05, 3.63) is 72.3 Å². The van der Waals surface area contributed by atoms with Gasteiger partial charge in [0.15, 0.2) is 0 Å². The minimum absolute atomic E-state index is 0.0223. The number of amides is 3. The number of alkyl carbamates (subject to hydrolysis) is 2. The second-order valence-electron chi connectivity index (χ2n) is 17.0. The van der Waals surface area contributed by atoms with Crippen molar-refractivity contribution in [1.29, 1.82) is 0 Å². The summed E-state index contributed by atoms with van der Waals surface area (Å²) in [5.41, 5.74) is 5.74. The van der Waals surface area contributed by atoms with E-state index in [4.69, 9.17) is 19.4 Å². The second-order valence-corrected chi connectivity index (χ2v) is 17.0. The van der Waals surface area contributed by atoms with Crippen LogP contribution in [0.1, 0.15) is 77.6 Å². The van der Waals surface area contributed by atoms with Crippen molar-refractivity contribution in [2.75, 3.05) is 27.3 Å². The zero-order valence-corrected chi connectivity index (χ0v) is 34.7. The van der Waals surface area contributed by atoms with Gasteiger partial charge in [0.05, 0.1) is 54.4 Å². The lowest BCUT2D eigenvalue weighted by molar-refractivity contribution is -0.135. The van der Waals surface area contributed by atoms with Gasteiger partial charge >= 0.3 is 12.2 Å². The molecule has 6 atom stereocenters. The topological polar surface area (TPSA) is 178 Å². The van der Waals surface area contributed by atoms with Gasteiger partial charge in [-0.1, -0.05) is 71.0 Å². The minimum atomic E-state index is -0.917. The molecule has 310 valence electrons. The highest BCUT2D eigenvalue weighted by molar-refractivity contribution is 6.07. The van der Waals surface area contributed by atoms with Gasteiger partial charge in [-0.3, -0.25) is 9.69 Å². The molecule has 6 aromatic rings. The van der Waals surface area contributed by atoms with E-state index in [9.17, 15) is 19.5 Å². The fourth-order valence-electron chi connectivity index (χ4n) is 9.15. The maximum Gasteiger partial charge on any atom is 0.407 e. The molecule has 0 bridgehead atoms. The Morgan fingerprint density at radius 2 is 1.34 bits per heavy atom. The molecule has 14 heteroatoms. The predicted octanol–water partition coefficient (Wildman–Crippen LogP) is 7.54. The third kappa shape index (κ3) is 7.55. The molecule has 2 aliphatic heterocycles. The summed E-state index contributed by atoms with van der Waals surface area (Å²) in [4.78, 5) is 59.0. The molecular weight excluding hydrogens is 749 g/mol. The normalized spacial score (nSPS) is 20.2. The highest BCUT2D eigenvalue weighted by atomic mass is 16.5. The van der Waals surface area contributed by atoms with Gasteiger partial charge < -0.3 is 40.1 Å². The molecule has 59 heavy (non-hydrogen) atoms. The number of carbonyl (C=O) groups excluding carboxylic acids is 3. The van der Waals surface area contributed by atoms with Gasteiger partial charge in [-0.25, -0.2) is 19.6 Å². The molecule has 4 heterocycles. The summed E-state index contributed by atoms with van der Waals surface area (Å²) < 4.78 is 9.65. The molecule has 2 saturated heterocycles. The van der Waals surface area contributed by atoms with Gasteiger partial charge in [0.25, 0.3) is 0 Å². The molecule has 4 aromatic carbocycles. The van der Waals surface area contributed by atoms with E-state index in [2.05, 4.69) is 76.1 Å². The summed E-state index contributed by atoms with van der Waals surface area (Å²) in [6, 6.07) is 19.6. The van der Waals surface area contributed by atoms with Crippen LogP contribution in [0.2, 0.25) is 0 Å². The first-order valence-corrected chi connectivity index (χ1v) is 20.6. The van der Waals surface area contributed by atoms with Gasteiger partial charge in [0.1, 0.15) is 23.9 Å². The van der Waals surface area contributed by atoms with Crippen LogP contribution in [0.5, 0.6) is 0 Å². The van der Waals surface area contributed by atoms with Crippen molar-refractivity contribution in [2.24, 2.45) is 17.8 Å². The number of carbonyl (C=O) groups is 3. The molecule has 2 aromatic heterocycles. The van der Waals surface area contributed by atoms with Crippen LogP contribution >= 0.6 is 0 Å². The number of nitrogens with one attached hydrogen (secondary N) is 4. The van der Waals surface area contributed by atoms with Gasteiger partial charge in [-0.05, 0) is 83.2 Å². The van der Waals surface area contributed by atoms with Crippen molar-refractivity contribution in [3.8, 4) is 11.1 Å². The third-order valence-electron chi connectivity index (χ3n) is 12.3. The lowest BCUT2D eigenvalue weighted by atomic mass is 9.98. The van der Waals surface area contributed by atoms with Crippen LogP contribution < -0.4 is 10.6 Å². The number of methoxy groups -OCH3 is 2. The minimum Gasteiger partial charge on any atom is -0.453 e. The highest BCUT2D eigenvalue weighted by Crippen LogP contribution is 2.39. The second kappa shape index (κ2) is 16.1. The maximum atomic E-state index is 13.7. The van der Waals surface area contributed by atoms with Crippen molar-refractivity contribution in [1.82, 2.24) is 40.4 Å². The van der Waals surface area contributed by atoms with Crippen LogP contribution in [0.25, 0.3) is 54.7 Å². The van der Waals surface area contributed by atoms with Crippen LogP contribution in [0.15, 0.2) is 60.7 Å². The Kier molecular flexibility index (Phi) is 11.0. The third-order valence-corrected chi connectivity index (χ3v) is 12.3.